The molecule has 15 heavy (non-hydrogen) atoms. The Labute approximate surface area is 89.9 Å². The average Bonchev–Trinajstić information content (AvgIpc) is 2.17. The minimum absolute atomic E-state index is 0.0258. The third-order valence-electron chi connectivity index (χ3n) is 2.42. The summed E-state index contributed by atoms with van der Waals surface area (Å²) in [7, 11) is 0. The lowest BCUT2D eigenvalue weighted by Crippen LogP contribution is -2.26. The van der Waals surface area contributed by atoms with Gasteiger partial charge >= 0.3 is 5.97 Å². The molecule has 3 heteroatoms. The zero-order valence-electron chi connectivity index (χ0n) is 8.94. The van der Waals surface area contributed by atoms with Crippen LogP contribution in [0.4, 0.5) is 0 Å². The summed E-state index contributed by atoms with van der Waals surface area (Å²) in [5.74, 6) is -0.837. The molecule has 0 heterocycles. The molecular weight excluding hydrogens is 190 g/mol. The van der Waals surface area contributed by atoms with Gasteiger partial charge in [-0.3, -0.25) is 4.79 Å². The molecule has 0 spiro atoms. The number of hydrogen-bond donors (Lipinski definition) is 2. The van der Waals surface area contributed by atoms with Crippen LogP contribution in [0.15, 0.2) is 24.3 Å². The lowest BCUT2D eigenvalue weighted by atomic mass is 9.98. The van der Waals surface area contributed by atoms with Gasteiger partial charge in [0.1, 0.15) is 0 Å². The molecule has 0 aliphatic heterocycles. The van der Waals surface area contributed by atoms with Crippen molar-refractivity contribution in [1.29, 1.82) is 0 Å². The molecule has 0 amide bonds. The third-order valence-corrected chi connectivity index (χ3v) is 2.42. The standard InChI is InChI=1S/C12H17NO2/c1-2-9-5-3-4-6-10(9)7-11(13)8-12(14)15/h3-6,11H,2,7-8,13H2,1H3,(H,14,15). The van der Waals surface area contributed by atoms with Crippen LogP contribution in [0.25, 0.3) is 0 Å². The van der Waals surface area contributed by atoms with Crippen molar-refractivity contribution in [3.63, 3.8) is 0 Å². The van der Waals surface area contributed by atoms with Crippen molar-refractivity contribution in [1.82, 2.24) is 0 Å². The van der Waals surface area contributed by atoms with E-state index in [9.17, 15) is 4.79 Å². The highest BCUT2D eigenvalue weighted by molar-refractivity contribution is 5.67. The fraction of sp³-hybridized carbons (Fsp3) is 0.417. The Hall–Kier alpha value is -1.35. The Morgan fingerprint density at radius 1 is 1.40 bits per heavy atom. The third kappa shape index (κ3) is 3.72. The minimum atomic E-state index is -0.837. The van der Waals surface area contributed by atoms with E-state index in [4.69, 9.17) is 10.8 Å². The van der Waals surface area contributed by atoms with Crippen molar-refractivity contribution >= 4 is 5.97 Å². The van der Waals surface area contributed by atoms with Crippen molar-refractivity contribution in [3.05, 3.63) is 35.4 Å². The normalized spacial score (nSPS) is 12.4. The van der Waals surface area contributed by atoms with E-state index in [1.54, 1.807) is 0 Å². The van der Waals surface area contributed by atoms with Gasteiger partial charge in [0.25, 0.3) is 0 Å². The van der Waals surface area contributed by atoms with Crippen LogP contribution in [0.1, 0.15) is 24.5 Å². The van der Waals surface area contributed by atoms with Crippen molar-refractivity contribution < 1.29 is 9.90 Å². The molecule has 0 aliphatic carbocycles. The van der Waals surface area contributed by atoms with Crippen LogP contribution < -0.4 is 5.73 Å². The van der Waals surface area contributed by atoms with E-state index in [0.29, 0.717) is 6.42 Å². The first-order valence-corrected chi connectivity index (χ1v) is 5.17. The second-order valence-corrected chi connectivity index (χ2v) is 3.68. The summed E-state index contributed by atoms with van der Waals surface area (Å²) in [6.45, 7) is 2.08. The van der Waals surface area contributed by atoms with Gasteiger partial charge in [-0.1, -0.05) is 31.2 Å². The van der Waals surface area contributed by atoms with Crippen LogP contribution in [0, 0.1) is 0 Å². The lowest BCUT2D eigenvalue weighted by Gasteiger charge is -2.12. The van der Waals surface area contributed by atoms with Gasteiger partial charge in [-0.25, -0.2) is 0 Å². The number of aliphatic carboxylic acids is 1. The number of carbonyl (C=O) groups is 1. The molecule has 3 nitrogen and oxygen atoms in total. The summed E-state index contributed by atoms with van der Waals surface area (Å²) >= 11 is 0. The van der Waals surface area contributed by atoms with Gasteiger partial charge in [-0.2, -0.15) is 0 Å². The van der Waals surface area contributed by atoms with Crippen LogP contribution in [0.3, 0.4) is 0 Å². The summed E-state index contributed by atoms with van der Waals surface area (Å²) in [6.07, 6.45) is 1.62. The molecule has 1 atom stereocenters. The molecule has 1 aromatic carbocycles. The van der Waals surface area contributed by atoms with Gasteiger partial charge in [0, 0.05) is 6.04 Å². The summed E-state index contributed by atoms with van der Waals surface area (Å²) in [5, 5.41) is 8.61. The van der Waals surface area contributed by atoms with E-state index in [0.717, 1.165) is 12.0 Å². The molecule has 0 bridgehead atoms. The van der Waals surface area contributed by atoms with Gasteiger partial charge in [0.2, 0.25) is 0 Å². The number of nitrogens with two attached hydrogens (primary N) is 1. The van der Waals surface area contributed by atoms with Gasteiger partial charge < -0.3 is 10.8 Å². The van der Waals surface area contributed by atoms with Crippen LogP contribution >= 0.6 is 0 Å². The maximum Gasteiger partial charge on any atom is 0.304 e. The lowest BCUT2D eigenvalue weighted by molar-refractivity contribution is -0.137. The predicted octanol–water partition coefficient (Wildman–Crippen LogP) is 1.59. The summed E-state index contributed by atoms with van der Waals surface area (Å²) < 4.78 is 0. The minimum Gasteiger partial charge on any atom is -0.481 e. The Kier molecular flexibility index (Phi) is 4.31. The number of benzene rings is 1. The molecule has 0 saturated carbocycles. The molecule has 1 rings (SSSR count). The number of carboxylic acids is 1. The second-order valence-electron chi connectivity index (χ2n) is 3.68. The topological polar surface area (TPSA) is 63.3 Å². The van der Waals surface area contributed by atoms with E-state index in [-0.39, 0.29) is 12.5 Å². The smallest absolute Gasteiger partial charge is 0.304 e. The van der Waals surface area contributed by atoms with E-state index < -0.39 is 5.97 Å². The molecular formula is C12H17NO2. The van der Waals surface area contributed by atoms with Crippen LogP contribution in [0.2, 0.25) is 0 Å². The molecule has 0 saturated heterocycles. The Bertz CT molecular complexity index is 336. The largest absolute Gasteiger partial charge is 0.481 e. The highest BCUT2D eigenvalue weighted by Crippen LogP contribution is 2.12. The molecule has 82 valence electrons. The number of hydrogen-bond acceptors (Lipinski definition) is 2. The first-order valence-electron chi connectivity index (χ1n) is 5.17. The second kappa shape index (κ2) is 5.51. The SMILES string of the molecule is CCc1ccccc1CC(N)CC(=O)O. The monoisotopic (exact) mass is 207 g/mol. The van der Waals surface area contributed by atoms with Gasteiger partial charge in [0.05, 0.1) is 6.42 Å². The zero-order valence-corrected chi connectivity index (χ0v) is 8.94. The average molecular weight is 207 g/mol. The van der Waals surface area contributed by atoms with Crippen molar-refractivity contribution in [2.24, 2.45) is 5.73 Å². The van der Waals surface area contributed by atoms with Crippen molar-refractivity contribution in [2.45, 2.75) is 32.2 Å². The summed E-state index contributed by atoms with van der Waals surface area (Å²) in [5.41, 5.74) is 8.16. The van der Waals surface area contributed by atoms with E-state index >= 15 is 0 Å². The molecule has 1 aromatic rings. The Balaban J connectivity index is 2.67. The number of rotatable bonds is 5. The first kappa shape index (κ1) is 11.7. The van der Waals surface area contributed by atoms with Crippen molar-refractivity contribution in [3.8, 4) is 0 Å². The fourth-order valence-electron chi connectivity index (χ4n) is 1.68. The van der Waals surface area contributed by atoms with E-state index in [1.165, 1.54) is 5.56 Å². The Morgan fingerprint density at radius 2 is 2.00 bits per heavy atom. The van der Waals surface area contributed by atoms with E-state index in [1.807, 2.05) is 18.2 Å². The fourth-order valence-corrected chi connectivity index (χ4v) is 1.68. The molecule has 0 aromatic heterocycles. The predicted molar refractivity (Wildman–Crippen MR) is 59.8 cm³/mol. The summed E-state index contributed by atoms with van der Waals surface area (Å²) in [4.78, 5) is 10.5. The van der Waals surface area contributed by atoms with Crippen LogP contribution in [0.5, 0.6) is 0 Å². The molecule has 3 N–H and O–H groups in total. The van der Waals surface area contributed by atoms with Gasteiger partial charge in [-0.15, -0.1) is 0 Å². The number of aryl methyl sites for hydroxylation is 1. The zero-order chi connectivity index (χ0) is 11.3. The van der Waals surface area contributed by atoms with Gasteiger partial charge in [0.15, 0.2) is 0 Å². The number of carboxylic acid groups (broad SMARTS) is 1. The highest BCUT2D eigenvalue weighted by atomic mass is 16.4. The van der Waals surface area contributed by atoms with Crippen LogP contribution in [-0.4, -0.2) is 17.1 Å². The molecule has 0 fully saturated rings. The van der Waals surface area contributed by atoms with Crippen LogP contribution in [-0.2, 0) is 17.6 Å². The first-order chi connectivity index (χ1) is 7.13. The Morgan fingerprint density at radius 3 is 2.53 bits per heavy atom. The van der Waals surface area contributed by atoms with Crippen molar-refractivity contribution in [2.75, 3.05) is 0 Å². The highest BCUT2D eigenvalue weighted by Gasteiger charge is 2.10. The molecule has 1 unspecified atom stereocenters. The maximum absolute atomic E-state index is 10.5. The molecule has 0 aliphatic rings. The summed E-state index contributed by atoms with van der Waals surface area (Å²) in [6, 6.07) is 7.73. The van der Waals surface area contributed by atoms with E-state index in [2.05, 4.69) is 13.0 Å². The quantitative estimate of drug-likeness (QED) is 0.770. The maximum atomic E-state index is 10.5. The molecule has 0 radical (unpaired) electrons. The van der Waals surface area contributed by atoms with Gasteiger partial charge in [-0.05, 0) is 24.0 Å².